The van der Waals surface area contributed by atoms with Gasteiger partial charge in [-0.15, -0.1) is 10.2 Å². The average molecular weight is 373 g/mol. The molecule has 3 rings (SSSR count). The number of nitrogens with zero attached hydrogens (tertiary/aromatic N) is 3. The number of hydrogen-bond acceptors (Lipinski definition) is 8. The van der Waals surface area contributed by atoms with Gasteiger partial charge < -0.3 is 10.2 Å². The number of aryl methyl sites for hydroxylation is 1. The van der Waals surface area contributed by atoms with Crippen molar-refractivity contribution in [2.75, 3.05) is 5.73 Å². The summed E-state index contributed by atoms with van der Waals surface area (Å²) in [5.41, 5.74) is 9.09. The lowest BCUT2D eigenvalue weighted by molar-refractivity contribution is -0.120. The Bertz CT molecular complexity index is 886. The fraction of sp³-hybridized carbons (Fsp3) is 0.125. The first-order valence-corrected chi connectivity index (χ1v) is 8.96. The van der Waals surface area contributed by atoms with Gasteiger partial charge in [-0.25, -0.2) is 5.43 Å². The quantitative estimate of drug-likeness (QED) is 0.508. The standard InChI is InChI=1S/C16H15N5O2S2/c1-10-2-5-12(6-3-10)24-15-7-4-11(23-15)9-18-19-13(22)8-14-20-21-16(17)25-14/h2-7,9H,8H2,1H3,(H2,17,21)(H,19,22)/b18-9-. The summed E-state index contributed by atoms with van der Waals surface area (Å²) in [6.07, 6.45) is 1.53. The molecule has 0 saturated heterocycles. The Morgan fingerprint density at radius 3 is 2.84 bits per heavy atom. The lowest BCUT2D eigenvalue weighted by Gasteiger charge is -1.98. The van der Waals surface area contributed by atoms with E-state index in [0.29, 0.717) is 15.9 Å². The van der Waals surface area contributed by atoms with Crippen LogP contribution in [-0.2, 0) is 11.2 Å². The van der Waals surface area contributed by atoms with E-state index in [2.05, 4.69) is 32.9 Å². The Morgan fingerprint density at radius 1 is 1.32 bits per heavy atom. The van der Waals surface area contributed by atoms with Crippen LogP contribution < -0.4 is 11.2 Å². The van der Waals surface area contributed by atoms with E-state index in [0.717, 1.165) is 9.99 Å². The number of anilines is 1. The van der Waals surface area contributed by atoms with Crippen molar-refractivity contribution < 1.29 is 9.21 Å². The first-order chi connectivity index (χ1) is 12.1. The Morgan fingerprint density at radius 2 is 2.12 bits per heavy atom. The van der Waals surface area contributed by atoms with Crippen molar-refractivity contribution >= 4 is 40.4 Å². The number of hydrazone groups is 1. The molecular formula is C16H15N5O2S2. The molecule has 0 radical (unpaired) electrons. The topological polar surface area (TPSA) is 106 Å². The Hall–Kier alpha value is -2.65. The van der Waals surface area contributed by atoms with Crippen molar-refractivity contribution in [3.63, 3.8) is 0 Å². The molecule has 3 aromatic rings. The minimum absolute atomic E-state index is 0.0822. The fourth-order valence-electron chi connectivity index (χ4n) is 1.86. The van der Waals surface area contributed by atoms with Gasteiger partial charge in [-0.1, -0.05) is 40.8 Å². The SMILES string of the molecule is Cc1ccc(Sc2ccc(/C=N\NC(=O)Cc3nnc(N)s3)o2)cc1. The van der Waals surface area contributed by atoms with Gasteiger partial charge in [-0.2, -0.15) is 5.10 Å². The molecule has 2 heterocycles. The molecule has 25 heavy (non-hydrogen) atoms. The van der Waals surface area contributed by atoms with Crippen molar-refractivity contribution in [2.24, 2.45) is 5.10 Å². The van der Waals surface area contributed by atoms with Gasteiger partial charge in [-0.05, 0) is 31.2 Å². The molecule has 1 amide bonds. The summed E-state index contributed by atoms with van der Waals surface area (Å²) in [6, 6.07) is 11.8. The first-order valence-electron chi connectivity index (χ1n) is 7.32. The number of benzene rings is 1. The highest BCUT2D eigenvalue weighted by Gasteiger charge is 2.07. The van der Waals surface area contributed by atoms with E-state index < -0.39 is 0 Å². The Kier molecular flexibility index (Phi) is 5.46. The molecule has 1 aromatic carbocycles. The molecule has 0 atom stereocenters. The van der Waals surface area contributed by atoms with Gasteiger partial charge >= 0.3 is 0 Å². The molecule has 128 valence electrons. The maximum absolute atomic E-state index is 11.7. The molecular weight excluding hydrogens is 358 g/mol. The number of amides is 1. The minimum Gasteiger partial charge on any atom is -0.448 e. The van der Waals surface area contributed by atoms with E-state index in [9.17, 15) is 4.79 Å². The summed E-state index contributed by atoms with van der Waals surface area (Å²) in [6.45, 7) is 2.05. The Balaban J connectivity index is 1.51. The van der Waals surface area contributed by atoms with Crippen LogP contribution in [0.1, 0.15) is 16.3 Å². The van der Waals surface area contributed by atoms with Gasteiger partial charge in [0.2, 0.25) is 11.0 Å². The second kappa shape index (κ2) is 7.95. The van der Waals surface area contributed by atoms with E-state index in [1.54, 1.807) is 6.07 Å². The molecule has 0 spiro atoms. The highest BCUT2D eigenvalue weighted by Crippen LogP contribution is 2.28. The smallest absolute Gasteiger partial charge is 0.247 e. The minimum atomic E-state index is -0.298. The summed E-state index contributed by atoms with van der Waals surface area (Å²) in [5.74, 6) is 0.253. The van der Waals surface area contributed by atoms with Crippen LogP contribution in [0.4, 0.5) is 5.13 Å². The number of nitrogens with two attached hydrogens (primary N) is 1. The molecule has 0 bridgehead atoms. The molecule has 0 aliphatic rings. The van der Waals surface area contributed by atoms with Crippen molar-refractivity contribution in [2.45, 2.75) is 23.3 Å². The second-order valence-electron chi connectivity index (χ2n) is 5.08. The molecule has 0 saturated carbocycles. The largest absolute Gasteiger partial charge is 0.448 e. The maximum atomic E-state index is 11.7. The van der Waals surface area contributed by atoms with Crippen LogP contribution >= 0.6 is 23.1 Å². The van der Waals surface area contributed by atoms with Crippen LogP contribution in [0.25, 0.3) is 0 Å². The summed E-state index contributed by atoms with van der Waals surface area (Å²) in [5, 5.41) is 12.9. The van der Waals surface area contributed by atoms with Crippen LogP contribution in [0.5, 0.6) is 0 Å². The van der Waals surface area contributed by atoms with Crippen molar-refractivity contribution in [3.05, 3.63) is 52.7 Å². The third-order valence-electron chi connectivity index (χ3n) is 3.02. The number of hydrogen-bond donors (Lipinski definition) is 2. The third kappa shape index (κ3) is 5.16. The highest BCUT2D eigenvalue weighted by atomic mass is 32.2. The third-order valence-corrected chi connectivity index (χ3v) is 4.70. The first kappa shape index (κ1) is 17.2. The molecule has 3 N–H and O–H groups in total. The van der Waals surface area contributed by atoms with Gasteiger partial charge in [0.15, 0.2) is 5.09 Å². The van der Waals surface area contributed by atoms with E-state index in [-0.39, 0.29) is 12.3 Å². The number of nitrogen functional groups attached to an aromatic ring is 1. The van der Waals surface area contributed by atoms with Gasteiger partial charge in [0.25, 0.3) is 0 Å². The molecule has 9 heteroatoms. The van der Waals surface area contributed by atoms with Crippen molar-refractivity contribution in [1.29, 1.82) is 0 Å². The molecule has 0 aliphatic carbocycles. The van der Waals surface area contributed by atoms with Gasteiger partial charge in [0, 0.05) is 4.90 Å². The molecule has 0 aliphatic heterocycles. The Labute approximate surface area is 152 Å². The monoisotopic (exact) mass is 373 g/mol. The fourth-order valence-corrected chi connectivity index (χ4v) is 3.25. The summed E-state index contributed by atoms with van der Waals surface area (Å²) in [7, 11) is 0. The van der Waals surface area contributed by atoms with E-state index in [4.69, 9.17) is 10.2 Å². The molecule has 0 fully saturated rings. The lowest BCUT2D eigenvalue weighted by Crippen LogP contribution is -2.19. The van der Waals surface area contributed by atoms with Crippen molar-refractivity contribution in [3.8, 4) is 0 Å². The van der Waals surface area contributed by atoms with Crippen LogP contribution in [0.15, 0.2) is 55.9 Å². The predicted molar refractivity (Wildman–Crippen MR) is 97.8 cm³/mol. The second-order valence-corrected chi connectivity index (χ2v) is 7.25. The van der Waals surface area contributed by atoms with Crippen LogP contribution in [0.2, 0.25) is 0 Å². The molecule has 0 unspecified atom stereocenters. The van der Waals surface area contributed by atoms with E-state index in [1.165, 1.54) is 34.9 Å². The predicted octanol–water partition coefficient (Wildman–Crippen LogP) is 2.87. The number of carbonyl (C=O) groups is 1. The molecule has 2 aromatic heterocycles. The number of carbonyl (C=O) groups excluding carboxylic acids is 1. The normalized spacial score (nSPS) is 11.1. The summed E-state index contributed by atoms with van der Waals surface area (Å²) < 4.78 is 5.65. The zero-order chi connectivity index (χ0) is 17.6. The van der Waals surface area contributed by atoms with Crippen molar-refractivity contribution in [1.82, 2.24) is 15.6 Å². The van der Waals surface area contributed by atoms with E-state index in [1.807, 2.05) is 25.1 Å². The maximum Gasteiger partial charge on any atom is 0.247 e. The number of nitrogens with one attached hydrogen (secondary N) is 1. The van der Waals surface area contributed by atoms with Gasteiger partial charge in [-0.3, -0.25) is 4.79 Å². The summed E-state index contributed by atoms with van der Waals surface area (Å²) >= 11 is 2.69. The zero-order valence-corrected chi connectivity index (χ0v) is 14.9. The molecule has 7 nitrogen and oxygen atoms in total. The average Bonchev–Trinajstić information content (AvgIpc) is 3.19. The zero-order valence-electron chi connectivity index (χ0n) is 13.3. The lowest BCUT2D eigenvalue weighted by atomic mass is 10.2. The number of furan rings is 1. The van der Waals surface area contributed by atoms with Gasteiger partial charge in [0.05, 0.1) is 12.6 Å². The highest BCUT2D eigenvalue weighted by molar-refractivity contribution is 7.99. The van der Waals surface area contributed by atoms with Crippen LogP contribution in [0.3, 0.4) is 0 Å². The summed E-state index contributed by atoms with van der Waals surface area (Å²) in [4.78, 5) is 12.8. The van der Waals surface area contributed by atoms with E-state index >= 15 is 0 Å². The van der Waals surface area contributed by atoms with Crippen LogP contribution in [0, 0.1) is 6.92 Å². The van der Waals surface area contributed by atoms with Gasteiger partial charge in [0.1, 0.15) is 10.8 Å². The van der Waals surface area contributed by atoms with Crippen LogP contribution in [-0.4, -0.2) is 22.3 Å². The number of aromatic nitrogens is 2. The number of rotatable bonds is 6.